The minimum absolute atomic E-state index is 0.201. The second kappa shape index (κ2) is 8.12. The fraction of sp³-hybridized carbons (Fsp3) is 0.500. The van der Waals surface area contributed by atoms with Gasteiger partial charge in [-0.15, -0.1) is 0 Å². The lowest BCUT2D eigenvalue weighted by Gasteiger charge is -2.27. The molecule has 5 nitrogen and oxygen atoms in total. The first-order valence-corrected chi connectivity index (χ1v) is 7.65. The highest BCUT2D eigenvalue weighted by Crippen LogP contribution is 2.20. The molecule has 0 radical (unpaired) electrons. The second-order valence-corrected chi connectivity index (χ2v) is 5.55. The number of aliphatic imine (C=N–C) groups is 1. The van der Waals surface area contributed by atoms with Gasteiger partial charge in [-0.3, -0.25) is 4.90 Å². The number of halogens is 2. The lowest BCUT2D eigenvalue weighted by Crippen LogP contribution is -2.44. The van der Waals surface area contributed by atoms with Gasteiger partial charge in [-0.05, 0) is 25.0 Å². The lowest BCUT2D eigenvalue weighted by atomic mass is 10.2. The molecule has 126 valence electrons. The third kappa shape index (κ3) is 4.80. The fourth-order valence-corrected chi connectivity index (χ4v) is 2.38. The maximum atomic E-state index is 12.8. The molecule has 0 atom stereocenters. The van der Waals surface area contributed by atoms with E-state index in [1.54, 1.807) is 32.3 Å². The van der Waals surface area contributed by atoms with Crippen LogP contribution in [-0.2, 0) is 0 Å². The molecular weight excluding hydrogens is 300 g/mol. The number of hydrogen-bond acceptors (Lipinski definition) is 4. The van der Waals surface area contributed by atoms with Crippen molar-refractivity contribution in [3.8, 4) is 0 Å². The Labute approximate surface area is 135 Å². The topological polar surface area (TPSA) is 45.5 Å². The Kier molecular flexibility index (Phi) is 6.18. The molecule has 0 spiro atoms. The van der Waals surface area contributed by atoms with Crippen LogP contribution < -0.4 is 5.32 Å². The van der Waals surface area contributed by atoms with Gasteiger partial charge in [0.1, 0.15) is 11.5 Å². The van der Waals surface area contributed by atoms with Gasteiger partial charge in [0.2, 0.25) is 0 Å². The van der Waals surface area contributed by atoms with Crippen LogP contribution in [0.2, 0.25) is 0 Å². The molecule has 1 N–H and O–H groups in total. The Morgan fingerprint density at radius 2 is 2.17 bits per heavy atom. The molecule has 1 saturated heterocycles. The van der Waals surface area contributed by atoms with Crippen molar-refractivity contribution < 1.29 is 8.78 Å². The normalized spacial score (nSPS) is 17.8. The Bertz CT molecular complexity index is 598. The number of nitrogens with one attached hydrogen (secondary N) is 1. The molecule has 1 aromatic rings. The third-order valence-corrected chi connectivity index (χ3v) is 3.77. The van der Waals surface area contributed by atoms with E-state index >= 15 is 0 Å². The van der Waals surface area contributed by atoms with E-state index in [2.05, 4.69) is 26.9 Å². The van der Waals surface area contributed by atoms with Gasteiger partial charge in [0, 0.05) is 45.1 Å². The van der Waals surface area contributed by atoms with Crippen molar-refractivity contribution in [2.75, 3.05) is 32.7 Å². The average Bonchev–Trinajstić information content (AvgIpc) is 2.94. The molecular formula is C16H23F2N5. The number of nitrogens with zero attached hydrogens (tertiary/aromatic N) is 4. The van der Waals surface area contributed by atoms with Gasteiger partial charge in [0.15, 0.2) is 0 Å². The van der Waals surface area contributed by atoms with Gasteiger partial charge >= 0.3 is 0 Å². The zero-order valence-corrected chi connectivity index (χ0v) is 13.6. The molecule has 0 amide bonds. The van der Waals surface area contributed by atoms with E-state index < -0.39 is 6.43 Å². The summed E-state index contributed by atoms with van der Waals surface area (Å²) in [6, 6.07) is 0. The van der Waals surface area contributed by atoms with Gasteiger partial charge in [-0.1, -0.05) is 12.7 Å². The lowest BCUT2D eigenvalue weighted by molar-refractivity contribution is 0.145. The monoisotopic (exact) mass is 323 g/mol. The quantitative estimate of drug-likeness (QED) is 0.514. The summed E-state index contributed by atoms with van der Waals surface area (Å²) in [5.74, 6) is 0.541. The zero-order chi connectivity index (χ0) is 16.8. The van der Waals surface area contributed by atoms with Crippen molar-refractivity contribution in [1.82, 2.24) is 20.0 Å². The van der Waals surface area contributed by atoms with E-state index in [-0.39, 0.29) is 5.69 Å². The van der Waals surface area contributed by atoms with Gasteiger partial charge < -0.3 is 5.32 Å². The van der Waals surface area contributed by atoms with Gasteiger partial charge in [-0.25, -0.2) is 18.5 Å². The van der Waals surface area contributed by atoms with Crippen molar-refractivity contribution >= 4 is 5.84 Å². The Morgan fingerprint density at radius 1 is 1.48 bits per heavy atom. The summed E-state index contributed by atoms with van der Waals surface area (Å²) in [5, 5.41) is 7.20. The molecule has 2 heterocycles. The number of aromatic nitrogens is 2. The van der Waals surface area contributed by atoms with Crippen molar-refractivity contribution in [2.45, 2.75) is 20.3 Å². The minimum atomic E-state index is -2.57. The summed E-state index contributed by atoms with van der Waals surface area (Å²) < 4.78 is 27.0. The molecule has 23 heavy (non-hydrogen) atoms. The van der Waals surface area contributed by atoms with Crippen LogP contribution in [0, 0.1) is 6.92 Å². The Balaban J connectivity index is 2.08. The summed E-state index contributed by atoms with van der Waals surface area (Å²) in [4.78, 5) is 6.66. The number of alkyl halides is 2. The maximum absolute atomic E-state index is 12.8. The van der Waals surface area contributed by atoms with Crippen LogP contribution in [0.15, 0.2) is 35.6 Å². The highest BCUT2D eigenvalue weighted by molar-refractivity contribution is 5.81. The number of aryl methyl sites for hydroxylation is 1. The van der Waals surface area contributed by atoms with Crippen LogP contribution in [0.4, 0.5) is 8.78 Å². The van der Waals surface area contributed by atoms with E-state index in [1.807, 2.05) is 0 Å². The second-order valence-electron chi connectivity index (χ2n) is 5.55. The molecule has 0 saturated carbocycles. The fourth-order valence-electron chi connectivity index (χ4n) is 2.38. The van der Waals surface area contributed by atoms with Crippen molar-refractivity contribution in [3.05, 3.63) is 41.9 Å². The standard InChI is InChI=1S/C16H23F2N5/c1-4-14(11-22-7-5-19-6-8-22)9-20-13(3)23-10-12(2)15(21-23)16(17)18/h4,9-10,16,19H,1,5-8,11H2,2-3H3/b14-9+,20-13?. The van der Waals surface area contributed by atoms with E-state index in [0.29, 0.717) is 11.4 Å². The highest BCUT2D eigenvalue weighted by atomic mass is 19.3. The minimum Gasteiger partial charge on any atom is -0.314 e. The molecule has 1 aliphatic rings. The summed E-state index contributed by atoms with van der Waals surface area (Å²) in [6.45, 7) is 11.9. The van der Waals surface area contributed by atoms with Gasteiger partial charge in [0.05, 0.1) is 0 Å². The number of hydrogen-bond donors (Lipinski definition) is 1. The van der Waals surface area contributed by atoms with Crippen LogP contribution in [0.25, 0.3) is 0 Å². The van der Waals surface area contributed by atoms with E-state index in [9.17, 15) is 8.78 Å². The van der Waals surface area contributed by atoms with Crippen molar-refractivity contribution in [2.24, 2.45) is 4.99 Å². The first-order chi connectivity index (χ1) is 11.0. The first-order valence-electron chi connectivity index (χ1n) is 7.65. The highest BCUT2D eigenvalue weighted by Gasteiger charge is 2.16. The van der Waals surface area contributed by atoms with E-state index in [4.69, 9.17) is 0 Å². The number of piperazine rings is 1. The van der Waals surface area contributed by atoms with Crippen LogP contribution in [0.1, 0.15) is 24.6 Å². The predicted octanol–water partition coefficient (Wildman–Crippen LogP) is 2.37. The molecule has 1 fully saturated rings. The third-order valence-electron chi connectivity index (χ3n) is 3.77. The van der Waals surface area contributed by atoms with Crippen LogP contribution in [-0.4, -0.2) is 53.2 Å². The largest absolute Gasteiger partial charge is 0.314 e. The predicted molar refractivity (Wildman–Crippen MR) is 88.0 cm³/mol. The molecule has 0 aliphatic carbocycles. The Morgan fingerprint density at radius 3 is 2.74 bits per heavy atom. The van der Waals surface area contributed by atoms with Crippen molar-refractivity contribution in [1.29, 1.82) is 0 Å². The average molecular weight is 323 g/mol. The molecule has 7 heteroatoms. The Hall–Kier alpha value is -1.86. The summed E-state index contributed by atoms with van der Waals surface area (Å²) in [7, 11) is 0. The summed E-state index contributed by atoms with van der Waals surface area (Å²) in [6.07, 6.45) is 2.50. The first kappa shape index (κ1) is 17.5. The zero-order valence-electron chi connectivity index (χ0n) is 13.6. The number of rotatable bonds is 5. The molecule has 1 aliphatic heterocycles. The molecule has 0 unspecified atom stereocenters. The molecule has 1 aromatic heterocycles. The van der Waals surface area contributed by atoms with Gasteiger partial charge in [0.25, 0.3) is 6.43 Å². The maximum Gasteiger partial charge on any atom is 0.282 e. The summed E-state index contributed by atoms with van der Waals surface area (Å²) >= 11 is 0. The van der Waals surface area contributed by atoms with E-state index in [0.717, 1.165) is 38.3 Å². The van der Waals surface area contributed by atoms with Crippen LogP contribution in [0.3, 0.4) is 0 Å². The van der Waals surface area contributed by atoms with Crippen LogP contribution >= 0.6 is 0 Å². The molecule has 0 bridgehead atoms. The van der Waals surface area contributed by atoms with Crippen LogP contribution in [0.5, 0.6) is 0 Å². The summed E-state index contributed by atoms with van der Waals surface area (Å²) in [5.41, 5.74) is 1.25. The molecule has 0 aromatic carbocycles. The molecule has 2 rings (SSSR count). The van der Waals surface area contributed by atoms with E-state index in [1.165, 1.54) is 4.68 Å². The van der Waals surface area contributed by atoms with Gasteiger partial charge in [-0.2, -0.15) is 5.10 Å². The van der Waals surface area contributed by atoms with Crippen molar-refractivity contribution in [3.63, 3.8) is 0 Å². The smallest absolute Gasteiger partial charge is 0.282 e. The SMILES string of the molecule is C=C/C(=C\N=C(C)n1cc(C)c(C(F)F)n1)CN1CCNCC1.